The maximum Gasteiger partial charge on any atom is 0.0968 e. The molecule has 0 aromatic rings. The van der Waals surface area contributed by atoms with E-state index in [2.05, 4.69) is 23.7 Å². The van der Waals surface area contributed by atoms with Crippen LogP contribution in [0.1, 0.15) is 52.4 Å². The van der Waals surface area contributed by atoms with Gasteiger partial charge in [0.25, 0.3) is 0 Å². The van der Waals surface area contributed by atoms with E-state index < -0.39 is 0 Å². The highest BCUT2D eigenvalue weighted by Gasteiger charge is 2.16. The number of nitrogens with two attached hydrogens (primary N) is 1. The molecular weight excluding hydrogens is 210 g/mol. The fourth-order valence-electron chi connectivity index (χ4n) is 2.57. The lowest BCUT2D eigenvalue weighted by Crippen LogP contribution is -2.27. The van der Waals surface area contributed by atoms with Crippen LogP contribution < -0.4 is 5.73 Å². The van der Waals surface area contributed by atoms with Crippen LogP contribution in [0.3, 0.4) is 0 Å². The first-order valence-electron chi connectivity index (χ1n) is 7.30. The molecule has 1 aliphatic rings. The van der Waals surface area contributed by atoms with Crippen molar-refractivity contribution in [2.45, 2.75) is 52.4 Å². The molecule has 0 radical (unpaired) electrons. The van der Waals surface area contributed by atoms with Crippen LogP contribution >= 0.6 is 0 Å². The Labute approximate surface area is 106 Å². The van der Waals surface area contributed by atoms with Crippen LogP contribution in [-0.2, 0) is 0 Å². The second-order valence-corrected chi connectivity index (χ2v) is 5.02. The average Bonchev–Trinajstić information content (AvgIpc) is 2.40. The predicted molar refractivity (Wildman–Crippen MR) is 75.5 cm³/mol. The molecule has 3 nitrogen and oxygen atoms in total. The Morgan fingerprint density at radius 1 is 1.18 bits per heavy atom. The minimum absolute atomic E-state index is 0.581. The van der Waals surface area contributed by atoms with Crippen molar-refractivity contribution in [2.75, 3.05) is 26.2 Å². The van der Waals surface area contributed by atoms with Crippen molar-refractivity contribution in [2.24, 2.45) is 16.6 Å². The zero-order valence-corrected chi connectivity index (χ0v) is 11.6. The normalized spacial score (nSPS) is 18.9. The summed E-state index contributed by atoms with van der Waals surface area (Å²) in [6, 6.07) is 0. The maximum absolute atomic E-state index is 6.07. The van der Waals surface area contributed by atoms with Gasteiger partial charge in [0.2, 0.25) is 0 Å². The molecule has 0 aliphatic heterocycles. The number of aliphatic imine (C=N–C) groups is 1. The molecule has 17 heavy (non-hydrogen) atoms. The summed E-state index contributed by atoms with van der Waals surface area (Å²) in [4.78, 5) is 6.99. The molecule has 0 spiro atoms. The van der Waals surface area contributed by atoms with Crippen LogP contribution in [0.25, 0.3) is 0 Å². The number of rotatable bonds is 7. The third kappa shape index (κ3) is 5.53. The number of hydrogen-bond acceptors (Lipinski definition) is 2. The van der Waals surface area contributed by atoms with Crippen molar-refractivity contribution in [3.8, 4) is 0 Å². The predicted octanol–water partition coefficient (Wildman–Crippen LogP) is 2.66. The van der Waals surface area contributed by atoms with E-state index in [-0.39, 0.29) is 0 Å². The van der Waals surface area contributed by atoms with Crippen molar-refractivity contribution < 1.29 is 0 Å². The Balaban J connectivity index is 2.18. The van der Waals surface area contributed by atoms with Crippen LogP contribution in [0.5, 0.6) is 0 Å². The molecule has 1 rings (SSSR count). The van der Waals surface area contributed by atoms with Gasteiger partial charge in [-0.2, -0.15) is 0 Å². The van der Waals surface area contributed by atoms with Gasteiger partial charge in [0.15, 0.2) is 0 Å². The Morgan fingerprint density at radius 2 is 1.82 bits per heavy atom. The van der Waals surface area contributed by atoms with Gasteiger partial charge in [-0.25, -0.2) is 0 Å². The third-order valence-electron chi connectivity index (χ3n) is 3.84. The molecule has 1 aliphatic carbocycles. The van der Waals surface area contributed by atoms with Crippen molar-refractivity contribution in [1.82, 2.24) is 4.90 Å². The highest BCUT2D eigenvalue weighted by atomic mass is 15.1. The van der Waals surface area contributed by atoms with E-state index in [4.69, 9.17) is 5.73 Å². The van der Waals surface area contributed by atoms with Crippen molar-refractivity contribution in [3.63, 3.8) is 0 Å². The molecule has 0 aromatic carbocycles. The van der Waals surface area contributed by atoms with E-state index in [1.165, 1.54) is 32.1 Å². The van der Waals surface area contributed by atoms with Crippen molar-refractivity contribution in [3.05, 3.63) is 0 Å². The van der Waals surface area contributed by atoms with E-state index in [1.807, 2.05) is 0 Å². The van der Waals surface area contributed by atoms with Gasteiger partial charge in [-0.15, -0.1) is 0 Å². The Bertz CT molecular complexity index is 216. The highest BCUT2D eigenvalue weighted by molar-refractivity contribution is 5.82. The Kier molecular flexibility index (Phi) is 7.25. The summed E-state index contributed by atoms with van der Waals surface area (Å²) in [7, 11) is 0. The minimum Gasteiger partial charge on any atom is -0.387 e. The summed E-state index contributed by atoms with van der Waals surface area (Å²) >= 11 is 0. The van der Waals surface area contributed by atoms with E-state index in [0.29, 0.717) is 5.92 Å². The first-order chi connectivity index (χ1) is 8.27. The smallest absolute Gasteiger partial charge is 0.0968 e. The van der Waals surface area contributed by atoms with Crippen LogP contribution in [-0.4, -0.2) is 36.9 Å². The van der Waals surface area contributed by atoms with E-state index in [1.54, 1.807) is 0 Å². The first kappa shape index (κ1) is 14.5. The van der Waals surface area contributed by atoms with Crippen LogP contribution in [0, 0.1) is 5.92 Å². The lowest BCUT2D eigenvalue weighted by atomic mass is 9.88. The lowest BCUT2D eigenvalue weighted by Gasteiger charge is -2.21. The minimum atomic E-state index is 0.581. The SMILES string of the molecule is CCN(CC)CCCN=C(N)C1CCCCC1. The molecule has 3 heteroatoms. The van der Waals surface area contributed by atoms with E-state index in [0.717, 1.165) is 38.4 Å². The van der Waals surface area contributed by atoms with E-state index >= 15 is 0 Å². The third-order valence-corrected chi connectivity index (χ3v) is 3.84. The molecule has 0 heterocycles. The molecule has 0 atom stereocenters. The molecular formula is C14H29N3. The average molecular weight is 239 g/mol. The van der Waals surface area contributed by atoms with Gasteiger partial charge in [-0.05, 0) is 38.9 Å². The number of nitrogens with zero attached hydrogens (tertiary/aromatic N) is 2. The maximum atomic E-state index is 6.07. The van der Waals surface area contributed by atoms with Gasteiger partial charge in [-0.1, -0.05) is 33.1 Å². The molecule has 1 saturated carbocycles. The van der Waals surface area contributed by atoms with Crippen LogP contribution in [0.2, 0.25) is 0 Å². The summed E-state index contributed by atoms with van der Waals surface area (Å²) in [5.74, 6) is 1.50. The summed E-state index contributed by atoms with van der Waals surface area (Å²) in [6.45, 7) is 8.75. The first-order valence-corrected chi connectivity index (χ1v) is 7.30. The van der Waals surface area contributed by atoms with Gasteiger partial charge in [-0.3, -0.25) is 4.99 Å². The summed E-state index contributed by atoms with van der Waals surface area (Å²) in [6.07, 6.45) is 7.69. The zero-order valence-electron chi connectivity index (χ0n) is 11.6. The molecule has 0 aromatic heterocycles. The van der Waals surface area contributed by atoms with Crippen LogP contribution in [0.15, 0.2) is 4.99 Å². The number of hydrogen-bond donors (Lipinski definition) is 1. The fraction of sp³-hybridized carbons (Fsp3) is 0.929. The highest BCUT2D eigenvalue weighted by Crippen LogP contribution is 2.23. The van der Waals surface area contributed by atoms with Crippen molar-refractivity contribution in [1.29, 1.82) is 0 Å². The molecule has 2 N–H and O–H groups in total. The number of amidine groups is 1. The van der Waals surface area contributed by atoms with E-state index in [9.17, 15) is 0 Å². The second-order valence-electron chi connectivity index (χ2n) is 5.02. The zero-order chi connectivity index (χ0) is 12.5. The molecule has 0 saturated heterocycles. The molecule has 1 fully saturated rings. The lowest BCUT2D eigenvalue weighted by molar-refractivity contribution is 0.302. The molecule has 0 unspecified atom stereocenters. The standard InChI is InChI=1S/C14H29N3/c1-3-17(4-2)12-8-11-16-14(15)13-9-6-5-7-10-13/h13H,3-12H2,1-2H3,(H2,15,16). The quantitative estimate of drug-likeness (QED) is 0.421. The molecule has 0 amide bonds. The summed E-state index contributed by atoms with van der Waals surface area (Å²) in [5.41, 5.74) is 6.07. The Morgan fingerprint density at radius 3 is 2.41 bits per heavy atom. The van der Waals surface area contributed by atoms with Gasteiger partial charge in [0.05, 0.1) is 5.84 Å². The van der Waals surface area contributed by atoms with Crippen molar-refractivity contribution >= 4 is 5.84 Å². The molecule has 100 valence electrons. The van der Waals surface area contributed by atoms with Gasteiger partial charge < -0.3 is 10.6 Å². The van der Waals surface area contributed by atoms with Gasteiger partial charge in [0, 0.05) is 12.5 Å². The second kappa shape index (κ2) is 8.51. The molecule has 0 bridgehead atoms. The fourth-order valence-corrected chi connectivity index (χ4v) is 2.57. The topological polar surface area (TPSA) is 41.6 Å². The summed E-state index contributed by atoms with van der Waals surface area (Å²) in [5, 5.41) is 0. The Hall–Kier alpha value is -0.570. The largest absolute Gasteiger partial charge is 0.387 e. The van der Waals surface area contributed by atoms with Crippen LogP contribution in [0.4, 0.5) is 0 Å². The summed E-state index contributed by atoms with van der Waals surface area (Å²) < 4.78 is 0. The van der Waals surface area contributed by atoms with Gasteiger partial charge >= 0.3 is 0 Å². The van der Waals surface area contributed by atoms with Gasteiger partial charge in [0.1, 0.15) is 0 Å². The monoisotopic (exact) mass is 239 g/mol.